The Bertz CT molecular complexity index is 354. The van der Waals surface area contributed by atoms with Gasteiger partial charge in [0.2, 0.25) is 5.95 Å². The van der Waals surface area contributed by atoms with Crippen LogP contribution in [0, 0.1) is 0 Å². The molecule has 0 aromatic carbocycles. The van der Waals surface area contributed by atoms with Gasteiger partial charge in [0, 0.05) is 19.3 Å². The Labute approximate surface area is 102 Å². The van der Waals surface area contributed by atoms with Gasteiger partial charge in [-0.25, -0.2) is 9.97 Å². The second-order valence-corrected chi connectivity index (χ2v) is 3.98. The van der Waals surface area contributed by atoms with Crippen molar-refractivity contribution in [3.05, 3.63) is 18.0 Å². The Morgan fingerprint density at radius 2 is 2.25 bits per heavy atom. The topological polar surface area (TPSA) is 55.0 Å². The molecule has 5 heteroatoms. The Balaban J connectivity index is 2.83. The highest BCUT2D eigenvalue weighted by atomic mass is 32.1. The molecule has 88 valence electrons. The van der Waals surface area contributed by atoms with E-state index in [4.69, 9.17) is 18.0 Å². The van der Waals surface area contributed by atoms with Crippen molar-refractivity contribution < 1.29 is 0 Å². The lowest BCUT2D eigenvalue weighted by Gasteiger charge is -2.20. The summed E-state index contributed by atoms with van der Waals surface area (Å²) in [5.74, 6) is 0.709. The van der Waals surface area contributed by atoms with Crippen molar-refractivity contribution in [3.63, 3.8) is 0 Å². The highest BCUT2D eigenvalue weighted by Gasteiger charge is 2.08. The maximum atomic E-state index is 5.55. The fraction of sp³-hybridized carbons (Fsp3) is 0.545. The number of thiocarbonyl (C=S) groups is 1. The normalized spacial score (nSPS) is 10.1. The fourth-order valence-electron chi connectivity index (χ4n) is 1.39. The molecule has 1 heterocycles. The van der Waals surface area contributed by atoms with Gasteiger partial charge in [0.25, 0.3) is 0 Å². The second-order valence-electron chi connectivity index (χ2n) is 3.54. The molecular weight excluding hydrogens is 220 g/mol. The third-order valence-electron chi connectivity index (χ3n) is 2.34. The highest BCUT2D eigenvalue weighted by molar-refractivity contribution is 7.80. The quantitative estimate of drug-likeness (QED) is 0.765. The summed E-state index contributed by atoms with van der Waals surface area (Å²) in [6.07, 6.45) is 3.99. The van der Waals surface area contributed by atoms with Crippen LogP contribution in [-0.4, -0.2) is 28.0 Å². The molecule has 1 rings (SSSR count). The van der Waals surface area contributed by atoms with Crippen LogP contribution < -0.4 is 10.6 Å². The third-order valence-corrected chi connectivity index (χ3v) is 2.55. The standard InChI is InChI=1S/C11H18N4S/c1-3-5-8-15(4-2)11-13-7-6-9(14-11)10(12)16/h6-7H,3-5,8H2,1-2H3,(H2,12,16). The van der Waals surface area contributed by atoms with Gasteiger partial charge in [-0.15, -0.1) is 0 Å². The van der Waals surface area contributed by atoms with Gasteiger partial charge in [0.05, 0.1) is 0 Å². The van der Waals surface area contributed by atoms with Crippen molar-refractivity contribution in [1.29, 1.82) is 0 Å². The van der Waals surface area contributed by atoms with E-state index in [-0.39, 0.29) is 0 Å². The molecule has 0 unspecified atom stereocenters. The van der Waals surface area contributed by atoms with Crippen molar-refractivity contribution in [2.24, 2.45) is 5.73 Å². The maximum Gasteiger partial charge on any atom is 0.225 e. The monoisotopic (exact) mass is 238 g/mol. The molecule has 0 amide bonds. The predicted octanol–water partition coefficient (Wildman–Crippen LogP) is 1.74. The Hall–Kier alpha value is -1.23. The van der Waals surface area contributed by atoms with Gasteiger partial charge in [-0.3, -0.25) is 0 Å². The molecule has 0 radical (unpaired) electrons. The summed E-state index contributed by atoms with van der Waals surface area (Å²) in [5.41, 5.74) is 6.18. The van der Waals surface area contributed by atoms with E-state index in [1.165, 1.54) is 0 Å². The van der Waals surface area contributed by atoms with Crippen LogP contribution in [0.1, 0.15) is 32.4 Å². The van der Waals surface area contributed by atoms with Crippen molar-refractivity contribution in [2.45, 2.75) is 26.7 Å². The minimum Gasteiger partial charge on any atom is -0.388 e. The molecule has 0 fully saturated rings. The van der Waals surface area contributed by atoms with E-state index in [0.717, 1.165) is 25.9 Å². The molecule has 0 aliphatic heterocycles. The summed E-state index contributed by atoms with van der Waals surface area (Å²) >= 11 is 4.90. The molecule has 0 atom stereocenters. The molecule has 0 aliphatic rings. The van der Waals surface area contributed by atoms with Crippen LogP contribution in [0.3, 0.4) is 0 Å². The van der Waals surface area contributed by atoms with E-state index in [9.17, 15) is 0 Å². The summed E-state index contributed by atoms with van der Waals surface area (Å²) in [6.45, 7) is 6.11. The summed E-state index contributed by atoms with van der Waals surface area (Å²) in [5, 5.41) is 0. The van der Waals surface area contributed by atoms with Crippen LogP contribution >= 0.6 is 12.2 Å². The number of nitrogens with two attached hydrogens (primary N) is 1. The van der Waals surface area contributed by atoms with Crippen LogP contribution in [0.4, 0.5) is 5.95 Å². The molecule has 0 bridgehead atoms. The fourth-order valence-corrected chi connectivity index (χ4v) is 1.50. The van der Waals surface area contributed by atoms with Gasteiger partial charge >= 0.3 is 0 Å². The molecule has 1 aromatic heterocycles. The maximum absolute atomic E-state index is 5.55. The van der Waals surface area contributed by atoms with E-state index in [1.807, 2.05) is 0 Å². The largest absolute Gasteiger partial charge is 0.388 e. The molecule has 4 nitrogen and oxygen atoms in total. The van der Waals surface area contributed by atoms with Crippen molar-refractivity contribution in [1.82, 2.24) is 9.97 Å². The lowest BCUT2D eigenvalue weighted by atomic mass is 10.3. The van der Waals surface area contributed by atoms with Crippen LogP contribution in [0.25, 0.3) is 0 Å². The molecule has 0 saturated heterocycles. The second kappa shape index (κ2) is 6.37. The molecule has 0 saturated carbocycles. The average Bonchev–Trinajstić information content (AvgIpc) is 2.30. The van der Waals surface area contributed by atoms with Gasteiger partial charge in [0.15, 0.2) is 0 Å². The zero-order chi connectivity index (χ0) is 12.0. The zero-order valence-electron chi connectivity index (χ0n) is 9.81. The van der Waals surface area contributed by atoms with Gasteiger partial charge < -0.3 is 10.6 Å². The number of hydrogen-bond acceptors (Lipinski definition) is 4. The summed E-state index contributed by atoms with van der Waals surface area (Å²) in [6, 6.07) is 1.74. The molecule has 16 heavy (non-hydrogen) atoms. The van der Waals surface area contributed by atoms with E-state index < -0.39 is 0 Å². The molecule has 0 aliphatic carbocycles. The molecule has 0 spiro atoms. The first-order chi connectivity index (χ1) is 7.69. The lowest BCUT2D eigenvalue weighted by molar-refractivity contribution is 0.713. The first-order valence-electron chi connectivity index (χ1n) is 5.56. The smallest absolute Gasteiger partial charge is 0.225 e. The Morgan fingerprint density at radius 3 is 2.81 bits per heavy atom. The molecular formula is C11H18N4S. The van der Waals surface area contributed by atoms with Crippen LogP contribution in [0.2, 0.25) is 0 Å². The van der Waals surface area contributed by atoms with Gasteiger partial charge in [-0.05, 0) is 19.4 Å². The van der Waals surface area contributed by atoms with Gasteiger partial charge in [-0.2, -0.15) is 0 Å². The first kappa shape index (κ1) is 12.8. The average molecular weight is 238 g/mol. The number of rotatable bonds is 6. The van der Waals surface area contributed by atoms with Gasteiger partial charge in [0.1, 0.15) is 10.7 Å². The number of unbranched alkanes of at least 4 members (excludes halogenated alkanes) is 1. The van der Waals surface area contributed by atoms with Crippen molar-refractivity contribution >= 4 is 23.2 Å². The Morgan fingerprint density at radius 1 is 1.50 bits per heavy atom. The Kier molecular flexibility index (Phi) is 5.11. The number of aromatic nitrogens is 2. The molecule has 2 N–H and O–H groups in total. The van der Waals surface area contributed by atoms with E-state index in [2.05, 4.69) is 28.7 Å². The highest BCUT2D eigenvalue weighted by Crippen LogP contribution is 2.08. The van der Waals surface area contributed by atoms with Crippen molar-refractivity contribution in [2.75, 3.05) is 18.0 Å². The van der Waals surface area contributed by atoms with Crippen LogP contribution in [-0.2, 0) is 0 Å². The number of anilines is 1. The van der Waals surface area contributed by atoms with E-state index in [0.29, 0.717) is 16.6 Å². The van der Waals surface area contributed by atoms with Gasteiger partial charge in [-0.1, -0.05) is 25.6 Å². The summed E-state index contributed by atoms with van der Waals surface area (Å²) in [4.78, 5) is 11.0. The third kappa shape index (κ3) is 3.41. The van der Waals surface area contributed by atoms with Crippen molar-refractivity contribution in [3.8, 4) is 0 Å². The van der Waals surface area contributed by atoms with Crippen LogP contribution in [0.5, 0.6) is 0 Å². The molecule has 1 aromatic rings. The number of hydrogen-bond donors (Lipinski definition) is 1. The number of nitrogens with zero attached hydrogens (tertiary/aromatic N) is 3. The SMILES string of the molecule is CCCCN(CC)c1nccc(C(N)=S)n1. The minimum atomic E-state index is 0.315. The minimum absolute atomic E-state index is 0.315. The van der Waals surface area contributed by atoms with E-state index >= 15 is 0 Å². The summed E-state index contributed by atoms with van der Waals surface area (Å²) in [7, 11) is 0. The zero-order valence-corrected chi connectivity index (χ0v) is 10.6. The summed E-state index contributed by atoms with van der Waals surface area (Å²) < 4.78 is 0. The predicted molar refractivity (Wildman–Crippen MR) is 70.7 cm³/mol. The lowest BCUT2D eigenvalue weighted by Crippen LogP contribution is -2.27. The first-order valence-corrected chi connectivity index (χ1v) is 5.97. The van der Waals surface area contributed by atoms with E-state index in [1.54, 1.807) is 12.3 Å². The van der Waals surface area contributed by atoms with Crippen LogP contribution in [0.15, 0.2) is 12.3 Å².